The lowest BCUT2D eigenvalue weighted by Gasteiger charge is -2.17. The fourth-order valence-electron chi connectivity index (χ4n) is 2.30. The average molecular weight is 303 g/mol. The monoisotopic (exact) mass is 303 g/mol. The molecule has 22 heavy (non-hydrogen) atoms. The van der Waals surface area contributed by atoms with Gasteiger partial charge in [-0.2, -0.15) is 0 Å². The number of methoxy groups -OCH3 is 1. The second-order valence-corrected chi connectivity index (χ2v) is 5.20. The van der Waals surface area contributed by atoms with Crippen LogP contribution in [0.2, 0.25) is 0 Å². The molecule has 2 rings (SSSR count). The summed E-state index contributed by atoms with van der Waals surface area (Å²) < 4.78 is 18.5. The van der Waals surface area contributed by atoms with Gasteiger partial charge in [0.05, 0.1) is 12.8 Å². The molecule has 0 bridgehead atoms. The van der Waals surface area contributed by atoms with E-state index >= 15 is 0 Å². The van der Waals surface area contributed by atoms with Gasteiger partial charge in [-0.25, -0.2) is 9.18 Å². The van der Waals surface area contributed by atoms with E-state index < -0.39 is 5.97 Å². The fourth-order valence-corrected chi connectivity index (χ4v) is 2.30. The summed E-state index contributed by atoms with van der Waals surface area (Å²) in [6.07, 6.45) is 0. The first kappa shape index (κ1) is 15.8. The van der Waals surface area contributed by atoms with Crippen LogP contribution in [-0.2, 0) is 0 Å². The van der Waals surface area contributed by atoms with Crippen LogP contribution < -0.4 is 10.1 Å². The van der Waals surface area contributed by atoms with Crippen molar-refractivity contribution in [2.75, 3.05) is 12.4 Å². The van der Waals surface area contributed by atoms with Crippen molar-refractivity contribution in [2.45, 2.75) is 19.8 Å². The Morgan fingerprint density at radius 2 is 1.95 bits per heavy atom. The van der Waals surface area contributed by atoms with Gasteiger partial charge in [0.15, 0.2) is 0 Å². The van der Waals surface area contributed by atoms with Crippen LogP contribution in [0.4, 0.5) is 15.8 Å². The van der Waals surface area contributed by atoms with Crippen LogP contribution in [0.15, 0.2) is 36.4 Å². The minimum absolute atomic E-state index is 0.0454. The summed E-state index contributed by atoms with van der Waals surface area (Å²) in [6.45, 7) is 3.90. The molecule has 0 saturated heterocycles. The Morgan fingerprint density at radius 1 is 1.23 bits per heavy atom. The van der Waals surface area contributed by atoms with Gasteiger partial charge in [0.2, 0.25) is 0 Å². The van der Waals surface area contributed by atoms with E-state index in [-0.39, 0.29) is 23.0 Å². The van der Waals surface area contributed by atoms with Crippen molar-refractivity contribution in [3.63, 3.8) is 0 Å². The Hall–Kier alpha value is -2.56. The molecule has 0 aliphatic rings. The maximum atomic E-state index is 13.4. The van der Waals surface area contributed by atoms with Gasteiger partial charge >= 0.3 is 5.97 Å². The lowest BCUT2D eigenvalue weighted by molar-refractivity contribution is 0.0694. The van der Waals surface area contributed by atoms with Gasteiger partial charge < -0.3 is 15.2 Å². The Balaban J connectivity index is 2.50. The van der Waals surface area contributed by atoms with E-state index in [1.54, 1.807) is 24.3 Å². The summed E-state index contributed by atoms with van der Waals surface area (Å²) >= 11 is 0. The number of hydrogen-bond acceptors (Lipinski definition) is 3. The molecule has 0 aliphatic heterocycles. The third-order valence-electron chi connectivity index (χ3n) is 3.36. The first-order chi connectivity index (χ1) is 10.4. The third-order valence-corrected chi connectivity index (χ3v) is 3.36. The number of hydrogen-bond donors (Lipinski definition) is 2. The van der Waals surface area contributed by atoms with Gasteiger partial charge in [-0.05, 0) is 41.8 Å². The van der Waals surface area contributed by atoms with Crippen LogP contribution in [0.1, 0.15) is 35.7 Å². The lowest BCUT2D eigenvalue weighted by atomic mass is 10.0. The number of ether oxygens (including phenoxy) is 1. The number of carboxylic acids is 1. The molecule has 0 amide bonds. The van der Waals surface area contributed by atoms with Gasteiger partial charge in [-0.1, -0.05) is 19.9 Å². The number of halogens is 1. The Labute approximate surface area is 128 Å². The minimum atomic E-state index is -1.09. The highest BCUT2D eigenvalue weighted by molar-refractivity contribution is 5.98. The number of aromatic carboxylic acids is 1. The molecule has 4 nitrogen and oxygen atoms in total. The van der Waals surface area contributed by atoms with Gasteiger partial charge in [0.1, 0.15) is 17.1 Å². The van der Waals surface area contributed by atoms with Crippen molar-refractivity contribution in [3.05, 3.63) is 53.3 Å². The van der Waals surface area contributed by atoms with Crippen molar-refractivity contribution in [2.24, 2.45) is 0 Å². The summed E-state index contributed by atoms with van der Waals surface area (Å²) in [5, 5.41) is 12.5. The predicted octanol–water partition coefficient (Wildman–Crippen LogP) is 4.40. The summed E-state index contributed by atoms with van der Waals surface area (Å²) in [7, 11) is 1.42. The van der Waals surface area contributed by atoms with Crippen LogP contribution in [0.25, 0.3) is 0 Å². The third kappa shape index (κ3) is 3.19. The molecular weight excluding hydrogens is 285 g/mol. The first-order valence-electron chi connectivity index (χ1n) is 6.90. The Morgan fingerprint density at radius 3 is 2.55 bits per heavy atom. The molecule has 0 unspecified atom stereocenters. The van der Waals surface area contributed by atoms with Gasteiger partial charge in [-0.15, -0.1) is 0 Å². The fraction of sp³-hybridized carbons (Fsp3) is 0.235. The molecule has 0 atom stereocenters. The van der Waals surface area contributed by atoms with E-state index in [2.05, 4.69) is 5.32 Å². The second kappa shape index (κ2) is 6.47. The number of benzene rings is 2. The van der Waals surface area contributed by atoms with Gasteiger partial charge in [0, 0.05) is 5.69 Å². The van der Waals surface area contributed by atoms with E-state index in [4.69, 9.17) is 4.74 Å². The molecule has 0 aromatic heterocycles. The number of rotatable bonds is 5. The first-order valence-corrected chi connectivity index (χ1v) is 6.90. The standard InChI is InChI=1S/C17H18FNO3/c1-10(2)12-9-11(18)7-8-13(12)19-14-5-4-6-15(22-3)16(14)17(20)21/h4-10,19H,1-3H3,(H,20,21). The van der Waals surface area contributed by atoms with E-state index in [0.717, 1.165) is 5.56 Å². The Kier molecular flexibility index (Phi) is 4.65. The molecule has 116 valence electrons. The smallest absolute Gasteiger partial charge is 0.341 e. The van der Waals surface area contributed by atoms with E-state index in [9.17, 15) is 14.3 Å². The normalized spacial score (nSPS) is 10.6. The average Bonchev–Trinajstić information content (AvgIpc) is 2.48. The van der Waals surface area contributed by atoms with E-state index in [1.807, 2.05) is 13.8 Å². The zero-order chi connectivity index (χ0) is 16.3. The zero-order valence-electron chi connectivity index (χ0n) is 12.7. The summed E-state index contributed by atoms with van der Waals surface area (Å²) in [5.41, 5.74) is 1.90. The van der Waals surface area contributed by atoms with Crippen molar-refractivity contribution in [3.8, 4) is 5.75 Å². The van der Waals surface area contributed by atoms with Crippen molar-refractivity contribution in [1.29, 1.82) is 0 Å². The molecule has 0 saturated carbocycles. The topological polar surface area (TPSA) is 58.6 Å². The summed E-state index contributed by atoms with van der Waals surface area (Å²) in [6, 6.07) is 9.34. The number of carbonyl (C=O) groups is 1. The summed E-state index contributed by atoms with van der Waals surface area (Å²) in [5.74, 6) is -1.05. The highest BCUT2D eigenvalue weighted by Gasteiger charge is 2.17. The minimum Gasteiger partial charge on any atom is -0.496 e. The molecule has 2 aromatic rings. The number of carboxylic acid groups (broad SMARTS) is 1. The van der Waals surface area contributed by atoms with E-state index in [0.29, 0.717) is 11.4 Å². The van der Waals surface area contributed by atoms with Crippen LogP contribution in [-0.4, -0.2) is 18.2 Å². The van der Waals surface area contributed by atoms with Crippen molar-refractivity contribution < 1.29 is 19.0 Å². The quantitative estimate of drug-likeness (QED) is 0.859. The van der Waals surface area contributed by atoms with Gasteiger partial charge in [0.25, 0.3) is 0 Å². The lowest BCUT2D eigenvalue weighted by Crippen LogP contribution is -2.07. The molecule has 0 aliphatic carbocycles. The van der Waals surface area contributed by atoms with Crippen molar-refractivity contribution >= 4 is 17.3 Å². The largest absolute Gasteiger partial charge is 0.496 e. The highest BCUT2D eigenvalue weighted by atomic mass is 19.1. The zero-order valence-corrected chi connectivity index (χ0v) is 12.7. The molecule has 0 radical (unpaired) electrons. The van der Waals surface area contributed by atoms with Crippen LogP contribution >= 0.6 is 0 Å². The van der Waals surface area contributed by atoms with Crippen LogP contribution in [0.3, 0.4) is 0 Å². The molecule has 2 N–H and O–H groups in total. The second-order valence-electron chi connectivity index (χ2n) is 5.20. The van der Waals surface area contributed by atoms with E-state index in [1.165, 1.54) is 19.2 Å². The predicted molar refractivity (Wildman–Crippen MR) is 83.7 cm³/mol. The summed E-state index contributed by atoms with van der Waals surface area (Å²) in [4.78, 5) is 11.5. The highest BCUT2D eigenvalue weighted by Crippen LogP contribution is 2.32. The number of anilines is 2. The molecule has 2 aromatic carbocycles. The van der Waals surface area contributed by atoms with Crippen LogP contribution in [0.5, 0.6) is 5.75 Å². The Bertz CT molecular complexity index is 698. The maximum absolute atomic E-state index is 13.4. The number of nitrogens with one attached hydrogen (secondary N) is 1. The van der Waals surface area contributed by atoms with Crippen LogP contribution in [0, 0.1) is 5.82 Å². The van der Waals surface area contributed by atoms with Crippen molar-refractivity contribution in [1.82, 2.24) is 0 Å². The SMILES string of the molecule is COc1cccc(Nc2ccc(F)cc2C(C)C)c1C(=O)O. The molecule has 0 fully saturated rings. The van der Waals surface area contributed by atoms with Gasteiger partial charge in [-0.3, -0.25) is 0 Å². The molecule has 0 spiro atoms. The molecule has 0 heterocycles. The molecule has 5 heteroatoms. The molecular formula is C17H18FNO3. The maximum Gasteiger partial charge on any atom is 0.341 e.